The maximum Gasteiger partial charge on any atom is 0.303 e. The number of hydrogen-bond acceptors (Lipinski definition) is 4. The highest BCUT2D eigenvalue weighted by Crippen LogP contribution is 2.37. The molecule has 5 atom stereocenters. The zero-order chi connectivity index (χ0) is 19.6. The second-order valence-corrected chi connectivity index (χ2v) is 7.65. The lowest BCUT2D eigenvalue weighted by Crippen LogP contribution is -2.25. The number of carbonyl (C=O) groups is 1. The van der Waals surface area contributed by atoms with Gasteiger partial charge in [-0.15, -0.1) is 6.58 Å². The zero-order valence-corrected chi connectivity index (χ0v) is 16.0. The van der Waals surface area contributed by atoms with Crippen molar-refractivity contribution < 1.29 is 25.2 Å². The van der Waals surface area contributed by atoms with E-state index in [1.807, 2.05) is 19.1 Å². The number of hydrogen-bond donors (Lipinski definition) is 4. The van der Waals surface area contributed by atoms with Crippen molar-refractivity contribution in [2.45, 2.75) is 88.9 Å². The van der Waals surface area contributed by atoms with E-state index in [1.54, 1.807) is 6.08 Å². The maximum atomic E-state index is 10.5. The Bertz CT molecular complexity index is 461. The highest BCUT2D eigenvalue weighted by Gasteiger charge is 2.39. The van der Waals surface area contributed by atoms with Gasteiger partial charge < -0.3 is 20.4 Å². The lowest BCUT2D eigenvalue weighted by molar-refractivity contribution is -0.137. The van der Waals surface area contributed by atoms with E-state index in [-0.39, 0.29) is 18.3 Å². The molecule has 1 saturated carbocycles. The van der Waals surface area contributed by atoms with E-state index < -0.39 is 23.8 Å². The van der Waals surface area contributed by atoms with Crippen molar-refractivity contribution in [2.24, 2.45) is 11.8 Å². The summed E-state index contributed by atoms with van der Waals surface area (Å²) in [5, 5.41) is 39.6. The Morgan fingerprint density at radius 1 is 1.19 bits per heavy atom. The monoisotopic (exact) mass is 368 g/mol. The van der Waals surface area contributed by atoms with Crippen LogP contribution in [0.5, 0.6) is 0 Å². The topological polar surface area (TPSA) is 98.0 Å². The van der Waals surface area contributed by atoms with Crippen LogP contribution in [0.15, 0.2) is 24.8 Å². The first-order valence-electron chi connectivity index (χ1n) is 9.93. The molecule has 0 saturated heterocycles. The summed E-state index contributed by atoms with van der Waals surface area (Å²) in [7, 11) is 0. The molecule has 0 amide bonds. The summed E-state index contributed by atoms with van der Waals surface area (Å²) in [6.07, 6.45) is 11.2. The predicted molar refractivity (Wildman–Crippen MR) is 103 cm³/mol. The van der Waals surface area contributed by atoms with Crippen molar-refractivity contribution in [1.82, 2.24) is 0 Å². The van der Waals surface area contributed by atoms with Crippen molar-refractivity contribution in [2.75, 3.05) is 0 Å². The first-order valence-corrected chi connectivity index (χ1v) is 9.93. The zero-order valence-electron chi connectivity index (χ0n) is 16.0. The summed E-state index contributed by atoms with van der Waals surface area (Å²) >= 11 is 0. The molecule has 5 heteroatoms. The minimum Gasteiger partial charge on any atom is -0.481 e. The van der Waals surface area contributed by atoms with Gasteiger partial charge in [0.05, 0.1) is 17.8 Å². The van der Waals surface area contributed by atoms with Crippen LogP contribution in [0.1, 0.15) is 71.1 Å². The molecular weight excluding hydrogens is 332 g/mol. The number of unbranched alkanes of at least 4 members (excludes halogenated alkanes) is 3. The van der Waals surface area contributed by atoms with Crippen LogP contribution in [-0.4, -0.2) is 44.2 Å². The van der Waals surface area contributed by atoms with Crippen LogP contribution < -0.4 is 0 Å². The molecule has 5 nitrogen and oxygen atoms in total. The van der Waals surface area contributed by atoms with Gasteiger partial charge in [0.25, 0.3) is 0 Å². The van der Waals surface area contributed by atoms with Gasteiger partial charge in [-0.3, -0.25) is 4.79 Å². The highest BCUT2D eigenvalue weighted by molar-refractivity contribution is 5.66. The fourth-order valence-corrected chi connectivity index (χ4v) is 3.94. The summed E-state index contributed by atoms with van der Waals surface area (Å²) in [6, 6.07) is 0. The molecule has 0 aromatic carbocycles. The van der Waals surface area contributed by atoms with Crippen molar-refractivity contribution in [3.05, 3.63) is 24.8 Å². The van der Waals surface area contributed by atoms with Crippen LogP contribution in [0.25, 0.3) is 0 Å². The molecular formula is C21H36O5. The number of aliphatic carboxylic acids is 1. The second kappa shape index (κ2) is 11.5. The van der Waals surface area contributed by atoms with Crippen molar-refractivity contribution in [3.63, 3.8) is 0 Å². The molecule has 1 aliphatic carbocycles. The Hall–Kier alpha value is -1.17. The Kier molecular flexibility index (Phi) is 10.1. The largest absolute Gasteiger partial charge is 0.481 e. The quantitative estimate of drug-likeness (QED) is 0.295. The summed E-state index contributed by atoms with van der Waals surface area (Å²) in [5.41, 5.74) is -0.910. The number of carboxylic acid groups (broad SMARTS) is 1. The maximum absolute atomic E-state index is 10.5. The molecule has 1 aliphatic rings. The van der Waals surface area contributed by atoms with Crippen molar-refractivity contribution in [3.8, 4) is 0 Å². The van der Waals surface area contributed by atoms with Gasteiger partial charge in [-0.1, -0.05) is 50.8 Å². The molecule has 4 N–H and O–H groups in total. The second-order valence-electron chi connectivity index (χ2n) is 7.65. The summed E-state index contributed by atoms with van der Waals surface area (Å²) in [6.45, 7) is 5.73. The van der Waals surface area contributed by atoms with E-state index in [0.717, 1.165) is 32.1 Å². The van der Waals surface area contributed by atoms with Crippen molar-refractivity contribution >= 4 is 5.97 Å². The third-order valence-electron chi connectivity index (χ3n) is 5.49. The van der Waals surface area contributed by atoms with Crippen LogP contribution >= 0.6 is 0 Å². The molecule has 1 rings (SSSR count). The predicted octanol–water partition coefficient (Wildman–Crippen LogP) is 3.43. The van der Waals surface area contributed by atoms with Crippen LogP contribution in [0.3, 0.4) is 0 Å². The Balaban J connectivity index is 2.49. The van der Waals surface area contributed by atoms with Crippen molar-refractivity contribution in [1.29, 1.82) is 0 Å². The van der Waals surface area contributed by atoms with Crippen LogP contribution in [0.2, 0.25) is 0 Å². The molecule has 0 aromatic rings. The van der Waals surface area contributed by atoms with Crippen LogP contribution in [0.4, 0.5) is 0 Å². The molecule has 0 aromatic heterocycles. The van der Waals surface area contributed by atoms with Crippen LogP contribution in [0, 0.1) is 11.8 Å². The van der Waals surface area contributed by atoms with E-state index >= 15 is 0 Å². The van der Waals surface area contributed by atoms with Crippen LogP contribution in [-0.2, 0) is 4.79 Å². The first kappa shape index (κ1) is 22.9. The Morgan fingerprint density at radius 2 is 1.88 bits per heavy atom. The summed E-state index contributed by atoms with van der Waals surface area (Å²) in [5.74, 6) is -0.837. The minimum atomic E-state index is -0.910. The normalized spacial score (nSPS) is 28.3. The van der Waals surface area contributed by atoms with Gasteiger partial charge in [-0.05, 0) is 31.6 Å². The summed E-state index contributed by atoms with van der Waals surface area (Å²) < 4.78 is 0. The molecule has 0 bridgehead atoms. The van der Waals surface area contributed by atoms with E-state index in [4.69, 9.17) is 5.11 Å². The third kappa shape index (κ3) is 7.60. The average molecular weight is 369 g/mol. The van der Waals surface area contributed by atoms with Gasteiger partial charge in [0.2, 0.25) is 0 Å². The van der Waals surface area contributed by atoms with E-state index in [2.05, 4.69) is 6.58 Å². The molecule has 0 aliphatic heterocycles. The SMILES string of the molecule is C=CC(O)(CC=C[C@@H]1[C@@H](CCCCCCC(=O)O)[C@@H](O)C[C@H]1O)CCC. The fraction of sp³-hybridized carbons (Fsp3) is 0.762. The molecule has 0 heterocycles. The van der Waals surface area contributed by atoms with E-state index in [9.17, 15) is 20.1 Å². The highest BCUT2D eigenvalue weighted by atomic mass is 16.4. The fourth-order valence-electron chi connectivity index (χ4n) is 3.94. The number of aliphatic hydroxyl groups excluding tert-OH is 2. The molecule has 26 heavy (non-hydrogen) atoms. The molecule has 1 fully saturated rings. The average Bonchev–Trinajstić information content (AvgIpc) is 2.84. The Labute approximate surface area is 157 Å². The number of carboxylic acids is 1. The lowest BCUT2D eigenvalue weighted by Gasteiger charge is -2.23. The van der Waals surface area contributed by atoms with Gasteiger partial charge in [0, 0.05) is 18.8 Å². The molecule has 150 valence electrons. The molecule has 0 radical (unpaired) electrons. The lowest BCUT2D eigenvalue weighted by atomic mass is 9.87. The summed E-state index contributed by atoms with van der Waals surface area (Å²) in [4.78, 5) is 10.5. The first-order chi connectivity index (χ1) is 12.3. The smallest absolute Gasteiger partial charge is 0.303 e. The van der Waals surface area contributed by atoms with Gasteiger partial charge in [-0.2, -0.15) is 0 Å². The van der Waals surface area contributed by atoms with Gasteiger partial charge in [-0.25, -0.2) is 0 Å². The van der Waals surface area contributed by atoms with Gasteiger partial charge >= 0.3 is 5.97 Å². The number of rotatable bonds is 13. The minimum absolute atomic E-state index is 0.0173. The molecule has 1 unspecified atom stereocenters. The third-order valence-corrected chi connectivity index (χ3v) is 5.49. The number of aliphatic hydroxyl groups is 3. The standard InChI is InChI=1S/C21H36O5/c1-3-13-21(26,4-2)14-9-11-17-16(18(22)15-19(17)23)10-7-5-6-8-12-20(24)25/h4,9,11,16-19,22-23,26H,2-3,5-8,10,12-15H2,1H3,(H,24,25)/t16-,17-,18+,19-,21?/m1/s1. The van der Waals surface area contributed by atoms with E-state index in [0.29, 0.717) is 25.7 Å². The van der Waals surface area contributed by atoms with E-state index in [1.165, 1.54) is 0 Å². The van der Waals surface area contributed by atoms with Gasteiger partial charge in [0.15, 0.2) is 0 Å². The van der Waals surface area contributed by atoms with Gasteiger partial charge in [0.1, 0.15) is 0 Å². The Morgan fingerprint density at radius 3 is 2.50 bits per heavy atom. The molecule has 0 spiro atoms.